The topological polar surface area (TPSA) is 29.1 Å². The average Bonchev–Trinajstić information content (AvgIpc) is 2.43. The van der Waals surface area contributed by atoms with Crippen LogP contribution in [0.1, 0.15) is 11.1 Å². The first kappa shape index (κ1) is 15.9. The van der Waals surface area contributed by atoms with Crippen LogP contribution in [0.2, 0.25) is 15.1 Å². The van der Waals surface area contributed by atoms with Gasteiger partial charge in [-0.25, -0.2) is 0 Å². The minimum atomic E-state index is -0.281. The normalized spacial score (nSPS) is 10.9. The summed E-state index contributed by atoms with van der Waals surface area (Å²) in [5.74, 6) is -0.281. The van der Waals surface area contributed by atoms with Gasteiger partial charge in [0.1, 0.15) is 0 Å². The molecule has 21 heavy (non-hydrogen) atoms. The van der Waals surface area contributed by atoms with Crippen LogP contribution in [0.15, 0.2) is 42.5 Å². The second-order valence-corrected chi connectivity index (χ2v) is 5.59. The number of benzene rings is 2. The fourth-order valence-electron chi connectivity index (χ4n) is 1.75. The van der Waals surface area contributed by atoms with E-state index < -0.39 is 0 Å². The Morgan fingerprint density at radius 3 is 2.24 bits per heavy atom. The molecule has 0 fully saturated rings. The highest BCUT2D eigenvalue weighted by Crippen LogP contribution is 2.26. The van der Waals surface area contributed by atoms with Crippen LogP contribution in [-0.2, 0) is 4.79 Å². The minimum Gasteiger partial charge on any atom is -0.322 e. The molecule has 0 radical (unpaired) electrons. The first-order valence-electron chi connectivity index (χ1n) is 6.17. The van der Waals surface area contributed by atoms with Gasteiger partial charge in [0.05, 0.1) is 0 Å². The van der Waals surface area contributed by atoms with Gasteiger partial charge in [0.25, 0.3) is 0 Å². The van der Waals surface area contributed by atoms with Gasteiger partial charge in [-0.3, -0.25) is 4.79 Å². The van der Waals surface area contributed by atoms with Crippen molar-refractivity contribution >= 4 is 52.5 Å². The quantitative estimate of drug-likeness (QED) is 0.723. The van der Waals surface area contributed by atoms with Crippen molar-refractivity contribution in [2.75, 3.05) is 5.32 Å². The standard InChI is InChI=1S/C16H12Cl3NO/c1-10-12(17)4-3-7-15(10)20-16(21)9-8-11-13(18)5-2-6-14(11)19/h2-9H,1H3,(H,20,21). The molecule has 0 spiro atoms. The highest BCUT2D eigenvalue weighted by molar-refractivity contribution is 6.37. The molecule has 0 heterocycles. The number of carbonyl (C=O) groups excluding carboxylic acids is 1. The Hall–Kier alpha value is -1.48. The summed E-state index contributed by atoms with van der Waals surface area (Å²) >= 11 is 18.1. The number of anilines is 1. The largest absolute Gasteiger partial charge is 0.322 e. The second-order valence-electron chi connectivity index (χ2n) is 4.37. The van der Waals surface area contributed by atoms with Crippen molar-refractivity contribution in [3.63, 3.8) is 0 Å². The summed E-state index contributed by atoms with van der Waals surface area (Å²) in [5.41, 5.74) is 2.10. The summed E-state index contributed by atoms with van der Waals surface area (Å²) in [6.45, 7) is 1.84. The van der Waals surface area contributed by atoms with E-state index in [1.807, 2.05) is 6.92 Å². The molecule has 0 bridgehead atoms. The zero-order chi connectivity index (χ0) is 15.4. The molecule has 2 nitrogen and oxygen atoms in total. The van der Waals surface area contributed by atoms with E-state index in [1.54, 1.807) is 42.5 Å². The molecule has 2 rings (SSSR count). The fourth-order valence-corrected chi connectivity index (χ4v) is 2.44. The fraction of sp³-hybridized carbons (Fsp3) is 0.0625. The number of halogens is 3. The smallest absolute Gasteiger partial charge is 0.248 e. The average molecular weight is 341 g/mol. The SMILES string of the molecule is Cc1c(Cl)cccc1NC(=O)C=Cc1c(Cl)cccc1Cl. The molecule has 0 saturated carbocycles. The van der Waals surface area contributed by atoms with Crippen molar-refractivity contribution in [2.24, 2.45) is 0 Å². The van der Waals surface area contributed by atoms with E-state index in [0.717, 1.165) is 5.56 Å². The Morgan fingerprint density at radius 1 is 1.00 bits per heavy atom. The first-order chi connectivity index (χ1) is 9.99. The van der Waals surface area contributed by atoms with Crippen molar-refractivity contribution in [1.82, 2.24) is 0 Å². The van der Waals surface area contributed by atoms with Crippen molar-refractivity contribution in [3.05, 3.63) is 68.7 Å². The molecule has 0 aromatic heterocycles. The number of carbonyl (C=O) groups is 1. The number of rotatable bonds is 3. The molecule has 2 aromatic rings. The molecule has 2 aromatic carbocycles. The minimum absolute atomic E-state index is 0.281. The lowest BCUT2D eigenvalue weighted by Gasteiger charge is -2.07. The van der Waals surface area contributed by atoms with Gasteiger partial charge in [-0.15, -0.1) is 0 Å². The van der Waals surface area contributed by atoms with Crippen molar-refractivity contribution in [3.8, 4) is 0 Å². The zero-order valence-corrected chi connectivity index (χ0v) is 13.4. The molecular formula is C16H12Cl3NO. The van der Waals surface area contributed by atoms with Crippen LogP contribution in [0, 0.1) is 6.92 Å². The Labute approximate surface area is 138 Å². The van der Waals surface area contributed by atoms with E-state index in [1.165, 1.54) is 6.08 Å². The molecular weight excluding hydrogens is 329 g/mol. The van der Waals surface area contributed by atoms with Gasteiger partial charge in [-0.2, -0.15) is 0 Å². The van der Waals surface area contributed by atoms with E-state index >= 15 is 0 Å². The second kappa shape index (κ2) is 6.99. The monoisotopic (exact) mass is 339 g/mol. The van der Waals surface area contributed by atoms with Crippen LogP contribution in [0.5, 0.6) is 0 Å². The molecule has 1 amide bonds. The van der Waals surface area contributed by atoms with Gasteiger partial charge < -0.3 is 5.32 Å². The molecule has 0 aliphatic heterocycles. The molecule has 0 aliphatic rings. The van der Waals surface area contributed by atoms with Crippen LogP contribution in [0.4, 0.5) is 5.69 Å². The molecule has 0 unspecified atom stereocenters. The lowest BCUT2D eigenvalue weighted by Crippen LogP contribution is -2.09. The third-order valence-corrected chi connectivity index (χ3v) is 4.00. The lowest BCUT2D eigenvalue weighted by atomic mass is 10.2. The number of hydrogen-bond donors (Lipinski definition) is 1. The molecule has 1 N–H and O–H groups in total. The van der Waals surface area contributed by atoms with E-state index in [4.69, 9.17) is 34.8 Å². The number of nitrogens with one attached hydrogen (secondary N) is 1. The molecule has 0 atom stereocenters. The van der Waals surface area contributed by atoms with Gasteiger partial charge in [0.2, 0.25) is 5.91 Å². The van der Waals surface area contributed by atoms with Crippen LogP contribution in [0.25, 0.3) is 6.08 Å². The molecule has 0 saturated heterocycles. The van der Waals surface area contributed by atoms with E-state index in [2.05, 4.69) is 5.32 Å². The lowest BCUT2D eigenvalue weighted by molar-refractivity contribution is -0.111. The Bertz CT molecular complexity index is 690. The molecule has 5 heteroatoms. The van der Waals surface area contributed by atoms with Crippen LogP contribution >= 0.6 is 34.8 Å². The summed E-state index contributed by atoms with van der Waals surface area (Å²) in [4.78, 5) is 11.9. The van der Waals surface area contributed by atoms with Crippen LogP contribution < -0.4 is 5.32 Å². The Morgan fingerprint density at radius 2 is 1.57 bits per heavy atom. The van der Waals surface area contributed by atoms with Crippen LogP contribution in [0.3, 0.4) is 0 Å². The van der Waals surface area contributed by atoms with Crippen molar-refractivity contribution < 1.29 is 4.79 Å². The summed E-state index contributed by atoms with van der Waals surface area (Å²) in [6.07, 6.45) is 2.97. The molecule has 0 aliphatic carbocycles. The van der Waals surface area contributed by atoms with Gasteiger partial charge in [0, 0.05) is 32.4 Å². The van der Waals surface area contributed by atoms with Gasteiger partial charge in [0.15, 0.2) is 0 Å². The Kier molecular flexibility index (Phi) is 5.29. The first-order valence-corrected chi connectivity index (χ1v) is 7.30. The van der Waals surface area contributed by atoms with Gasteiger partial charge >= 0.3 is 0 Å². The zero-order valence-electron chi connectivity index (χ0n) is 11.2. The number of hydrogen-bond acceptors (Lipinski definition) is 1. The predicted octanol–water partition coefficient (Wildman–Crippen LogP) is 5.61. The summed E-state index contributed by atoms with van der Waals surface area (Å²) < 4.78 is 0. The van der Waals surface area contributed by atoms with E-state index in [9.17, 15) is 4.79 Å². The predicted molar refractivity (Wildman–Crippen MR) is 90.3 cm³/mol. The van der Waals surface area contributed by atoms with Crippen molar-refractivity contribution in [2.45, 2.75) is 6.92 Å². The highest BCUT2D eigenvalue weighted by atomic mass is 35.5. The summed E-state index contributed by atoms with van der Waals surface area (Å²) in [5, 5.41) is 4.35. The van der Waals surface area contributed by atoms with Gasteiger partial charge in [-0.05, 0) is 42.8 Å². The number of amides is 1. The maximum absolute atomic E-state index is 11.9. The van der Waals surface area contributed by atoms with E-state index in [-0.39, 0.29) is 5.91 Å². The van der Waals surface area contributed by atoms with E-state index in [0.29, 0.717) is 26.3 Å². The van der Waals surface area contributed by atoms with Crippen molar-refractivity contribution in [1.29, 1.82) is 0 Å². The Balaban J connectivity index is 2.15. The third kappa shape index (κ3) is 4.01. The maximum Gasteiger partial charge on any atom is 0.248 e. The maximum atomic E-state index is 11.9. The summed E-state index contributed by atoms with van der Waals surface area (Å²) in [7, 11) is 0. The van der Waals surface area contributed by atoms with Gasteiger partial charge in [-0.1, -0.05) is 46.9 Å². The van der Waals surface area contributed by atoms with Crippen LogP contribution in [-0.4, -0.2) is 5.91 Å². The summed E-state index contributed by atoms with van der Waals surface area (Å²) in [6, 6.07) is 10.5. The highest BCUT2D eigenvalue weighted by Gasteiger charge is 2.05. The molecule has 108 valence electrons. The third-order valence-electron chi connectivity index (χ3n) is 2.93.